The van der Waals surface area contributed by atoms with Crippen LogP contribution < -0.4 is 10.1 Å². The maximum atomic E-state index is 14.4. The van der Waals surface area contributed by atoms with Gasteiger partial charge >= 0.3 is 0 Å². The number of hydrogen-bond acceptors (Lipinski definition) is 6. The van der Waals surface area contributed by atoms with Crippen molar-refractivity contribution in [2.45, 2.75) is 38.8 Å². The second-order valence-corrected chi connectivity index (χ2v) is 7.95. The van der Waals surface area contributed by atoms with Crippen LogP contribution in [0.2, 0.25) is 0 Å². The molecule has 1 N–H and O–H groups in total. The highest BCUT2D eigenvalue weighted by molar-refractivity contribution is 5.77. The van der Waals surface area contributed by atoms with E-state index in [-0.39, 0.29) is 11.4 Å². The smallest absolute Gasteiger partial charge is 0.210 e. The van der Waals surface area contributed by atoms with E-state index in [0.29, 0.717) is 43.3 Å². The van der Waals surface area contributed by atoms with Gasteiger partial charge in [0.25, 0.3) is 0 Å². The lowest BCUT2D eigenvalue weighted by Crippen LogP contribution is -2.28. The minimum absolute atomic E-state index is 0.231. The number of benzene rings is 1. The van der Waals surface area contributed by atoms with Crippen LogP contribution in [0.25, 0.3) is 11.2 Å². The molecule has 0 saturated carbocycles. The molecule has 8 heteroatoms. The molecule has 3 aromatic rings. The third kappa shape index (κ3) is 3.23. The number of halogens is 1. The molecule has 2 aromatic heterocycles. The summed E-state index contributed by atoms with van der Waals surface area (Å²) in [4.78, 5) is 4.58. The molecule has 7 nitrogen and oxygen atoms in total. The molecule has 1 aromatic carbocycles. The van der Waals surface area contributed by atoms with Crippen LogP contribution in [0.5, 0.6) is 5.75 Å². The number of hydrogen-bond donors (Lipinski definition) is 1. The van der Waals surface area contributed by atoms with Crippen molar-refractivity contribution in [1.82, 2.24) is 19.6 Å². The minimum atomic E-state index is -0.243. The number of fused-ring (bicyclic) bond motifs is 2. The highest BCUT2D eigenvalue weighted by atomic mass is 19.1. The Balaban J connectivity index is 1.46. The largest absolute Gasteiger partial charge is 0.493 e. The molecular formula is C21H22FN5O2. The molecule has 0 spiro atoms. The first kappa shape index (κ1) is 18.1. The van der Waals surface area contributed by atoms with E-state index in [4.69, 9.17) is 9.47 Å². The van der Waals surface area contributed by atoms with Crippen LogP contribution in [0.1, 0.15) is 37.0 Å². The van der Waals surface area contributed by atoms with Gasteiger partial charge in [0.1, 0.15) is 17.9 Å². The Hall–Kier alpha value is -3.00. The zero-order valence-electron chi connectivity index (χ0n) is 16.4. The molecule has 150 valence electrons. The average Bonchev–Trinajstić information content (AvgIpc) is 3.36. The predicted octanol–water partition coefficient (Wildman–Crippen LogP) is 3.39. The van der Waals surface area contributed by atoms with Crippen LogP contribution in [0.4, 0.5) is 10.3 Å². The lowest BCUT2D eigenvalue weighted by Gasteiger charge is -2.30. The lowest BCUT2D eigenvalue weighted by atomic mass is 9.92. The Morgan fingerprint density at radius 3 is 3.07 bits per heavy atom. The molecule has 0 atom stereocenters. The summed E-state index contributed by atoms with van der Waals surface area (Å²) in [7, 11) is 0. The molecule has 0 fully saturated rings. The Bertz CT molecular complexity index is 1120. The molecule has 0 amide bonds. The van der Waals surface area contributed by atoms with Crippen molar-refractivity contribution >= 4 is 17.2 Å². The van der Waals surface area contributed by atoms with Gasteiger partial charge in [0.15, 0.2) is 5.65 Å². The molecule has 0 radical (unpaired) electrons. The molecule has 0 bridgehead atoms. The van der Waals surface area contributed by atoms with E-state index < -0.39 is 0 Å². The fraction of sp³-hybridized carbons (Fsp3) is 0.381. The van der Waals surface area contributed by atoms with Gasteiger partial charge in [-0.1, -0.05) is 6.08 Å². The maximum absolute atomic E-state index is 14.4. The summed E-state index contributed by atoms with van der Waals surface area (Å²) in [5.41, 5.74) is 4.09. The van der Waals surface area contributed by atoms with Crippen molar-refractivity contribution in [2.75, 3.05) is 18.5 Å². The summed E-state index contributed by atoms with van der Waals surface area (Å²) < 4.78 is 27.5. The van der Waals surface area contributed by atoms with Crippen molar-refractivity contribution in [3.63, 3.8) is 0 Å². The first-order valence-electron chi connectivity index (χ1n) is 9.71. The summed E-state index contributed by atoms with van der Waals surface area (Å²) in [6.07, 6.45) is 6.96. The minimum Gasteiger partial charge on any atom is -0.493 e. The van der Waals surface area contributed by atoms with Gasteiger partial charge in [-0.3, -0.25) is 4.40 Å². The second-order valence-electron chi connectivity index (χ2n) is 7.95. The van der Waals surface area contributed by atoms with Gasteiger partial charge in [0, 0.05) is 42.3 Å². The molecule has 2 aliphatic heterocycles. The highest BCUT2D eigenvalue weighted by Crippen LogP contribution is 2.33. The number of nitrogens with zero attached hydrogens (tertiary/aromatic N) is 4. The van der Waals surface area contributed by atoms with Crippen LogP contribution >= 0.6 is 0 Å². The Morgan fingerprint density at radius 1 is 1.31 bits per heavy atom. The lowest BCUT2D eigenvalue weighted by molar-refractivity contribution is -0.00297. The van der Waals surface area contributed by atoms with E-state index in [1.165, 1.54) is 6.07 Å². The summed E-state index contributed by atoms with van der Waals surface area (Å²) in [6, 6.07) is 3.14. The first-order valence-corrected chi connectivity index (χ1v) is 9.71. The molecule has 0 saturated heterocycles. The Kier molecular flexibility index (Phi) is 4.24. The Labute approximate surface area is 167 Å². The van der Waals surface area contributed by atoms with Gasteiger partial charge in [0.2, 0.25) is 5.95 Å². The van der Waals surface area contributed by atoms with Crippen LogP contribution in [-0.2, 0) is 17.7 Å². The number of aromatic nitrogens is 4. The van der Waals surface area contributed by atoms with Gasteiger partial charge in [-0.2, -0.15) is 0 Å². The normalized spacial score (nSPS) is 17.7. The highest BCUT2D eigenvalue weighted by Gasteiger charge is 2.26. The van der Waals surface area contributed by atoms with Crippen LogP contribution in [0.3, 0.4) is 0 Å². The zero-order chi connectivity index (χ0) is 20.0. The zero-order valence-corrected chi connectivity index (χ0v) is 16.4. The van der Waals surface area contributed by atoms with E-state index >= 15 is 0 Å². The summed E-state index contributed by atoms with van der Waals surface area (Å²) in [5.74, 6) is 1.08. The van der Waals surface area contributed by atoms with Gasteiger partial charge in [0.05, 0.1) is 18.8 Å². The topological polar surface area (TPSA) is 73.6 Å². The molecular weight excluding hydrogens is 373 g/mol. The van der Waals surface area contributed by atoms with E-state index in [9.17, 15) is 4.39 Å². The molecule has 0 unspecified atom stereocenters. The van der Waals surface area contributed by atoms with Crippen molar-refractivity contribution in [3.8, 4) is 5.75 Å². The Morgan fingerprint density at radius 2 is 2.21 bits per heavy atom. The number of rotatable bonds is 4. The van der Waals surface area contributed by atoms with Crippen molar-refractivity contribution in [2.24, 2.45) is 0 Å². The summed E-state index contributed by atoms with van der Waals surface area (Å²) in [5, 5.41) is 11.6. The third-order valence-corrected chi connectivity index (χ3v) is 5.46. The van der Waals surface area contributed by atoms with Crippen LogP contribution in [0.15, 0.2) is 30.7 Å². The fourth-order valence-electron chi connectivity index (χ4n) is 4.01. The fourth-order valence-corrected chi connectivity index (χ4v) is 4.01. The van der Waals surface area contributed by atoms with Gasteiger partial charge in [-0.25, -0.2) is 9.37 Å². The number of nitrogens with one attached hydrogen (secondary N) is 1. The monoisotopic (exact) mass is 395 g/mol. The predicted molar refractivity (Wildman–Crippen MR) is 106 cm³/mol. The standard InChI is InChI=1S/C21H22FN5O2/c1-21(2)9-13(5-8-29-21)15-10-23-20(27-12-25-26-19(15)27)24-11-16-14-6-7-28-18(14)4-3-17(16)22/h3-5,10,12H,6-9,11H2,1-2H3,(H,23,24). The molecule has 29 heavy (non-hydrogen) atoms. The number of ether oxygens (including phenoxy) is 2. The summed E-state index contributed by atoms with van der Waals surface area (Å²) in [6.45, 7) is 5.59. The van der Waals surface area contributed by atoms with Crippen LogP contribution in [0, 0.1) is 5.82 Å². The van der Waals surface area contributed by atoms with E-state index in [1.54, 1.807) is 23.0 Å². The SMILES string of the molecule is CC1(C)CC(c2cnc(NCc3c(F)ccc4c3CCO4)n3cnnc23)=CCO1. The third-order valence-electron chi connectivity index (χ3n) is 5.46. The first-order chi connectivity index (χ1) is 14.0. The number of anilines is 1. The van der Waals surface area contributed by atoms with Crippen molar-refractivity contribution in [3.05, 3.63) is 53.2 Å². The molecule has 4 heterocycles. The maximum Gasteiger partial charge on any atom is 0.210 e. The van der Waals surface area contributed by atoms with Crippen LogP contribution in [-0.4, -0.2) is 38.4 Å². The van der Waals surface area contributed by atoms with Gasteiger partial charge < -0.3 is 14.8 Å². The van der Waals surface area contributed by atoms with Crippen molar-refractivity contribution < 1.29 is 13.9 Å². The molecule has 0 aliphatic carbocycles. The molecule has 2 aliphatic rings. The van der Waals surface area contributed by atoms with Crippen molar-refractivity contribution in [1.29, 1.82) is 0 Å². The molecule has 5 rings (SSSR count). The summed E-state index contributed by atoms with van der Waals surface area (Å²) >= 11 is 0. The van der Waals surface area contributed by atoms with E-state index in [2.05, 4.69) is 40.4 Å². The average molecular weight is 395 g/mol. The van der Waals surface area contributed by atoms with Gasteiger partial charge in [-0.05, 0) is 31.6 Å². The second kappa shape index (κ2) is 6.81. The quantitative estimate of drug-likeness (QED) is 0.730. The van der Waals surface area contributed by atoms with E-state index in [1.807, 2.05) is 0 Å². The van der Waals surface area contributed by atoms with Gasteiger partial charge in [-0.15, -0.1) is 10.2 Å². The van der Waals surface area contributed by atoms with E-state index in [0.717, 1.165) is 28.9 Å².